The highest BCUT2D eigenvalue weighted by Crippen LogP contribution is 2.31. The third kappa shape index (κ3) is 1.53. The average molecular weight is 256 g/mol. The Morgan fingerprint density at radius 1 is 0.600 bits per heavy atom. The van der Waals surface area contributed by atoms with E-state index in [0.717, 1.165) is 17.2 Å². The quantitative estimate of drug-likeness (QED) is 0.347. The number of hydrogen-bond acceptors (Lipinski definition) is 1. The lowest BCUT2D eigenvalue weighted by molar-refractivity contribution is 0.112. The Labute approximate surface area is 116 Å². The molecule has 1 nitrogen and oxygen atoms in total. The van der Waals surface area contributed by atoms with Gasteiger partial charge < -0.3 is 0 Å². The van der Waals surface area contributed by atoms with E-state index in [1.807, 2.05) is 18.2 Å². The van der Waals surface area contributed by atoms with E-state index >= 15 is 0 Å². The maximum atomic E-state index is 10.9. The fraction of sp³-hybridized carbons (Fsp3) is 0. The summed E-state index contributed by atoms with van der Waals surface area (Å²) in [5.41, 5.74) is 0.720. The number of benzene rings is 4. The molecule has 0 heterocycles. The second kappa shape index (κ2) is 4.17. The summed E-state index contributed by atoms with van der Waals surface area (Å²) in [4.78, 5) is 10.9. The van der Waals surface area contributed by atoms with E-state index in [0.29, 0.717) is 0 Å². The minimum Gasteiger partial charge on any atom is -0.298 e. The zero-order chi connectivity index (χ0) is 13.5. The highest BCUT2D eigenvalue weighted by atomic mass is 16.1. The van der Waals surface area contributed by atoms with Gasteiger partial charge in [0.1, 0.15) is 6.29 Å². The van der Waals surface area contributed by atoms with Crippen LogP contribution in [0.5, 0.6) is 0 Å². The summed E-state index contributed by atoms with van der Waals surface area (Å²) in [6, 6.07) is 22.8. The van der Waals surface area contributed by atoms with Gasteiger partial charge in [0.2, 0.25) is 0 Å². The monoisotopic (exact) mass is 256 g/mol. The zero-order valence-corrected chi connectivity index (χ0v) is 10.8. The lowest BCUT2D eigenvalue weighted by atomic mass is 9.96. The van der Waals surface area contributed by atoms with Gasteiger partial charge in [-0.25, -0.2) is 0 Å². The molecule has 4 rings (SSSR count). The van der Waals surface area contributed by atoms with Crippen molar-refractivity contribution < 1.29 is 4.79 Å². The number of hydrogen-bond donors (Lipinski definition) is 0. The molecule has 0 aliphatic carbocycles. The SMILES string of the molecule is O=Cc1ccc2c(ccc3c4ccccc4ccc23)c1. The average Bonchev–Trinajstić information content (AvgIpc) is 2.53. The molecule has 4 aromatic carbocycles. The van der Waals surface area contributed by atoms with Crippen molar-refractivity contribution in [2.24, 2.45) is 0 Å². The van der Waals surface area contributed by atoms with Gasteiger partial charge in [-0.05, 0) is 38.4 Å². The predicted octanol–water partition coefficient (Wildman–Crippen LogP) is 4.96. The van der Waals surface area contributed by atoms with E-state index in [1.165, 1.54) is 26.9 Å². The molecule has 0 saturated carbocycles. The van der Waals surface area contributed by atoms with Crippen molar-refractivity contribution in [1.29, 1.82) is 0 Å². The van der Waals surface area contributed by atoms with Gasteiger partial charge in [0.15, 0.2) is 0 Å². The lowest BCUT2D eigenvalue weighted by Crippen LogP contribution is -1.83. The van der Waals surface area contributed by atoms with Crippen LogP contribution in [0.4, 0.5) is 0 Å². The molecule has 0 radical (unpaired) electrons. The summed E-state index contributed by atoms with van der Waals surface area (Å²) in [5.74, 6) is 0. The first-order valence-corrected chi connectivity index (χ1v) is 6.66. The van der Waals surface area contributed by atoms with Gasteiger partial charge in [0, 0.05) is 5.56 Å². The number of rotatable bonds is 1. The second-order valence-corrected chi connectivity index (χ2v) is 5.05. The van der Waals surface area contributed by atoms with Crippen LogP contribution in [0.1, 0.15) is 10.4 Å². The van der Waals surface area contributed by atoms with E-state index in [9.17, 15) is 4.79 Å². The standard InChI is InChI=1S/C19H12O/c20-12-13-5-8-17-15(11-13)7-10-18-16-4-2-1-3-14(16)6-9-19(17)18/h1-12H. The van der Waals surface area contributed by atoms with Crippen molar-refractivity contribution in [1.82, 2.24) is 0 Å². The summed E-state index contributed by atoms with van der Waals surface area (Å²) < 4.78 is 0. The smallest absolute Gasteiger partial charge is 0.150 e. The van der Waals surface area contributed by atoms with Crippen LogP contribution >= 0.6 is 0 Å². The number of carbonyl (C=O) groups excluding carboxylic acids is 1. The fourth-order valence-electron chi connectivity index (χ4n) is 2.92. The molecular formula is C19H12O. The van der Waals surface area contributed by atoms with E-state index < -0.39 is 0 Å². The first-order valence-electron chi connectivity index (χ1n) is 6.66. The van der Waals surface area contributed by atoms with Crippen LogP contribution in [0.2, 0.25) is 0 Å². The molecule has 0 aliphatic rings. The molecule has 94 valence electrons. The van der Waals surface area contributed by atoms with Crippen molar-refractivity contribution in [3.8, 4) is 0 Å². The van der Waals surface area contributed by atoms with Crippen LogP contribution in [0.3, 0.4) is 0 Å². The Morgan fingerprint density at radius 2 is 1.25 bits per heavy atom. The maximum Gasteiger partial charge on any atom is 0.150 e. The lowest BCUT2D eigenvalue weighted by Gasteiger charge is -2.07. The largest absolute Gasteiger partial charge is 0.298 e. The third-order valence-electron chi connectivity index (χ3n) is 3.90. The molecule has 0 atom stereocenters. The van der Waals surface area contributed by atoms with Crippen molar-refractivity contribution in [2.75, 3.05) is 0 Å². The molecule has 0 N–H and O–H groups in total. The van der Waals surface area contributed by atoms with Crippen molar-refractivity contribution in [3.63, 3.8) is 0 Å². The summed E-state index contributed by atoms with van der Waals surface area (Å²) >= 11 is 0. The molecule has 0 bridgehead atoms. The summed E-state index contributed by atoms with van der Waals surface area (Å²) in [6.07, 6.45) is 0.893. The van der Waals surface area contributed by atoms with Gasteiger partial charge in [-0.15, -0.1) is 0 Å². The van der Waals surface area contributed by atoms with Crippen LogP contribution in [0.15, 0.2) is 66.7 Å². The first-order chi connectivity index (χ1) is 9.86. The predicted molar refractivity (Wildman–Crippen MR) is 84.3 cm³/mol. The number of fused-ring (bicyclic) bond motifs is 5. The Hall–Kier alpha value is -2.67. The Balaban J connectivity index is 2.20. The Bertz CT molecular complexity index is 967. The summed E-state index contributed by atoms with van der Waals surface area (Å²) in [6.45, 7) is 0. The minimum absolute atomic E-state index is 0.720. The van der Waals surface area contributed by atoms with Gasteiger partial charge in [0.25, 0.3) is 0 Å². The van der Waals surface area contributed by atoms with Gasteiger partial charge in [-0.1, -0.05) is 60.7 Å². The van der Waals surface area contributed by atoms with Crippen LogP contribution < -0.4 is 0 Å². The highest BCUT2D eigenvalue weighted by molar-refractivity contribution is 6.17. The van der Waals surface area contributed by atoms with E-state index in [1.54, 1.807) is 0 Å². The number of aldehydes is 1. The molecule has 0 fully saturated rings. The van der Waals surface area contributed by atoms with E-state index in [2.05, 4.69) is 48.5 Å². The molecule has 4 aromatic rings. The molecule has 0 amide bonds. The Kier molecular flexibility index (Phi) is 2.33. The van der Waals surface area contributed by atoms with Crippen LogP contribution in [-0.2, 0) is 0 Å². The van der Waals surface area contributed by atoms with Crippen LogP contribution in [-0.4, -0.2) is 6.29 Å². The van der Waals surface area contributed by atoms with Gasteiger partial charge in [0.05, 0.1) is 0 Å². The van der Waals surface area contributed by atoms with Crippen LogP contribution in [0, 0.1) is 0 Å². The van der Waals surface area contributed by atoms with Gasteiger partial charge in [-0.2, -0.15) is 0 Å². The molecule has 0 aliphatic heterocycles. The molecule has 0 aromatic heterocycles. The highest BCUT2D eigenvalue weighted by Gasteiger charge is 2.04. The topological polar surface area (TPSA) is 17.1 Å². The molecule has 1 heteroatoms. The van der Waals surface area contributed by atoms with Crippen molar-refractivity contribution in [2.45, 2.75) is 0 Å². The van der Waals surface area contributed by atoms with E-state index in [4.69, 9.17) is 0 Å². The van der Waals surface area contributed by atoms with Gasteiger partial charge >= 0.3 is 0 Å². The summed E-state index contributed by atoms with van der Waals surface area (Å²) in [7, 11) is 0. The van der Waals surface area contributed by atoms with Crippen molar-refractivity contribution >= 4 is 38.6 Å². The Morgan fingerprint density at radius 3 is 2.05 bits per heavy atom. The second-order valence-electron chi connectivity index (χ2n) is 5.05. The molecular weight excluding hydrogens is 244 g/mol. The molecule has 0 unspecified atom stereocenters. The maximum absolute atomic E-state index is 10.9. The van der Waals surface area contributed by atoms with E-state index in [-0.39, 0.29) is 0 Å². The molecule has 0 saturated heterocycles. The molecule has 20 heavy (non-hydrogen) atoms. The van der Waals surface area contributed by atoms with Crippen molar-refractivity contribution in [3.05, 3.63) is 72.3 Å². The van der Waals surface area contributed by atoms with Crippen LogP contribution in [0.25, 0.3) is 32.3 Å². The zero-order valence-electron chi connectivity index (χ0n) is 10.8. The fourth-order valence-corrected chi connectivity index (χ4v) is 2.92. The normalized spacial score (nSPS) is 11.2. The first kappa shape index (κ1) is 11.2. The minimum atomic E-state index is 0.720. The summed E-state index contributed by atoms with van der Waals surface area (Å²) in [5, 5.41) is 7.32. The number of carbonyl (C=O) groups is 1. The van der Waals surface area contributed by atoms with Gasteiger partial charge in [-0.3, -0.25) is 4.79 Å². The third-order valence-corrected chi connectivity index (χ3v) is 3.90. The molecule has 0 spiro atoms.